The SMILES string of the molecule is C=C1C(=O)O[C@@H]2CC(COC(=O)C(C)C)=C([C@H](C)CCCOC(C)=O)[C@@H](OC(C)=O)[C@H]12. The van der Waals surface area contributed by atoms with Crippen LogP contribution in [0, 0.1) is 17.8 Å². The maximum absolute atomic E-state index is 12.2. The zero-order chi connectivity index (χ0) is 23.3. The molecule has 2 aliphatic rings. The predicted octanol–water partition coefficient (Wildman–Crippen LogP) is 2.89. The summed E-state index contributed by atoms with van der Waals surface area (Å²) in [6, 6.07) is 0. The van der Waals surface area contributed by atoms with E-state index in [1.807, 2.05) is 6.92 Å². The van der Waals surface area contributed by atoms with Crippen LogP contribution in [0.4, 0.5) is 0 Å². The maximum Gasteiger partial charge on any atom is 0.334 e. The van der Waals surface area contributed by atoms with Crippen molar-refractivity contribution in [2.45, 2.75) is 66.1 Å². The number of carbonyl (C=O) groups is 4. The van der Waals surface area contributed by atoms with Crippen molar-refractivity contribution in [1.29, 1.82) is 0 Å². The van der Waals surface area contributed by atoms with Gasteiger partial charge in [0.25, 0.3) is 0 Å². The molecule has 0 unspecified atom stereocenters. The zero-order valence-corrected chi connectivity index (χ0v) is 18.9. The van der Waals surface area contributed by atoms with Crippen molar-refractivity contribution in [3.63, 3.8) is 0 Å². The smallest absolute Gasteiger partial charge is 0.334 e. The Morgan fingerprint density at radius 3 is 2.39 bits per heavy atom. The highest BCUT2D eigenvalue weighted by molar-refractivity contribution is 5.91. The molecule has 0 amide bonds. The molecule has 0 aromatic rings. The summed E-state index contributed by atoms with van der Waals surface area (Å²) in [5.41, 5.74) is 1.87. The number of fused-ring (bicyclic) bond motifs is 1. The Labute approximate surface area is 182 Å². The van der Waals surface area contributed by atoms with E-state index >= 15 is 0 Å². The second-order valence-corrected chi connectivity index (χ2v) is 8.43. The highest BCUT2D eigenvalue weighted by atomic mass is 16.6. The van der Waals surface area contributed by atoms with Crippen LogP contribution >= 0.6 is 0 Å². The van der Waals surface area contributed by atoms with Crippen LogP contribution in [0.2, 0.25) is 0 Å². The third-order valence-electron chi connectivity index (χ3n) is 5.58. The van der Waals surface area contributed by atoms with Crippen molar-refractivity contribution in [3.8, 4) is 0 Å². The molecule has 0 aromatic heterocycles. The first-order valence-electron chi connectivity index (χ1n) is 10.6. The van der Waals surface area contributed by atoms with Crippen LogP contribution in [0.1, 0.15) is 53.9 Å². The second-order valence-electron chi connectivity index (χ2n) is 8.43. The monoisotopic (exact) mass is 436 g/mol. The molecule has 0 spiro atoms. The third-order valence-corrected chi connectivity index (χ3v) is 5.58. The lowest BCUT2D eigenvalue weighted by molar-refractivity contribution is -0.151. The average molecular weight is 437 g/mol. The van der Waals surface area contributed by atoms with Crippen LogP contribution in [0.5, 0.6) is 0 Å². The Bertz CT molecular complexity index is 778. The molecule has 8 heteroatoms. The summed E-state index contributed by atoms with van der Waals surface area (Å²) >= 11 is 0. The minimum Gasteiger partial charge on any atom is -0.466 e. The average Bonchev–Trinajstić information content (AvgIpc) is 2.96. The van der Waals surface area contributed by atoms with E-state index in [0.29, 0.717) is 19.3 Å². The second kappa shape index (κ2) is 10.6. The minimum absolute atomic E-state index is 0.0334. The Morgan fingerprint density at radius 1 is 1.13 bits per heavy atom. The molecule has 0 bridgehead atoms. The molecule has 31 heavy (non-hydrogen) atoms. The van der Waals surface area contributed by atoms with E-state index in [4.69, 9.17) is 18.9 Å². The summed E-state index contributed by atoms with van der Waals surface area (Å²) in [4.78, 5) is 47.1. The fourth-order valence-corrected chi connectivity index (χ4v) is 4.12. The highest BCUT2D eigenvalue weighted by Gasteiger charge is 2.50. The van der Waals surface area contributed by atoms with E-state index in [9.17, 15) is 19.2 Å². The summed E-state index contributed by atoms with van der Waals surface area (Å²) in [5.74, 6) is -2.51. The van der Waals surface area contributed by atoms with Gasteiger partial charge < -0.3 is 18.9 Å². The molecule has 0 N–H and O–H groups in total. The Balaban J connectivity index is 2.35. The fourth-order valence-electron chi connectivity index (χ4n) is 4.12. The van der Waals surface area contributed by atoms with Gasteiger partial charge >= 0.3 is 23.9 Å². The van der Waals surface area contributed by atoms with Crippen molar-refractivity contribution >= 4 is 23.9 Å². The van der Waals surface area contributed by atoms with Gasteiger partial charge in [0.2, 0.25) is 0 Å². The first-order chi connectivity index (χ1) is 14.5. The summed E-state index contributed by atoms with van der Waals surface area (Å²) < 4.78 is 21.6. The number of carbonyl (C=O) groups excluding carboxylic acids is 4. The predicted molar refractivity (Wildman–Crippen MR) is 111 cm³/mol. The molecule has 0 aromatic carbocycles. The molecule has 0 radical (unpaired) electrons. The summed E-state index contributed by atoms with van der Waals surface area (Å²) in [6.07, 6.45) is 0.393. The zero-order valence-electron chi connectivity index (χ0n) is 18.9. The Morgan fingerprint density at radius 2 is 1.81 bits per heavy atom. The van der Waals surface area contributed by atoms with Gasteiger partial charge in [-0.05, 0) is 29.9 Å². The largest absolute Gasteiger partial charge is 0.466 e. The molecule has 172 valence electrons. The molecule has 8 nitrogen and oxygen atoms in total. The molecule has 1 fully saturated rings. The van der Waals surface area contributed by atoms with Gasteiger partial charge in [0.1, 0.15) is 18.8 Å². The molecule has 0 saturated carbocycles. The van der Waals surface area contributed by atoms with Gasteiger partial charge in [-0.15, -0.1) is 0 Å². The fraction of sp³-hybridized carbons (Fsp3) is 0.652. The van der Waals surface area contributed by atoms with Crippen LogP contribution in [0.25, 0.3) is 0 Å². The lowest BCUT2D eigenvalue weighted by Crippen LogP contribution is -2.41. The third kappa shape index (κ3) is 6.18. The van der Waals surface area contributed by atoms with Crippen LogP contribution in [-0.4, -0.2) is 49.3 Å². The van der Waals surface area contributed by atoms with Gasteiger partial charge in [-0.1, -0.05) is 27.4 Å². The summed E-state index contributed by atoms with van der Waals surface area (Å²) in [7, 11) is 0. The van der Waals surface area contributed by atoms with Gasteiger partial charge in [0.15, 0.2) is 0 Å². The molecule has 1 aliphatic heterocycles. The van der Waals surface area contributed by atoms with Crippen LogP contribution in [0.3, 0.4) is 0 Å². The highest BCUT2D eigenvalue weighted by Crippen LogP contribution is 2.45. The quantitative estimate of drug-likeness (QED) is 0.179. The molecular weight excluding hydrogens is 404 g/mol. The number of ether oxygens (including phenoxy) is 4. The van der Waals surface area contributed by atoms with Gasteiger partial charge in [-0.2, -0.15) is 0 Å². The van der Waals surface area contributed by atoms with E-state index in [0.717, 1.165) is 11.1 Å². The minimum atomic E-state index is -0.730. The van der Waals surface area contributed by atoms with E-state index in [-0.39, 0.29) is 42.6 Å². The van der Waals surface area contributed by atoms with Crippen molar-refractivity contribution in [3.05, 3.63) is 23.3 Å². The number of hydrogen-bond donors (Lipinski definition) is 0. The normalized spacial score (nSPS) is 23.9. The van der Waals surface area contributed by atoms with Gasteiger partial charge in [0, 0.05) is 25.8 Å². The molecular formula is C23H32O8. The van der Waals surface area contributed by atoms with E-state index < -0.39 is 30.1 Å². The summed E-state index contributed by atoms with van der Waals surface area (Å²) in [6.45, 7) is 12.3. The van der Waals surface area contributed by atoms with Crippen molar-refractivity contribution in [2.75, 3.05) is 13.2 Å². The van der Waals surface area contributed by atoms with E-state index in [2.05, 4.69) is 6.58 Å². The summed E-state index contributed by atoms with van der Waals surface area (Å²) in [5, 5.41) is 0. The first kappa shape index (κ1) is 24.6. The van der Waals surface area contributed by atoms with Crippen molar-refractivity contribution in [2.24, 2.45) is 17.8 Å². The number of hydrogen-bond acceptors (Lipinski definition) is 8. The molecule has 4 atom stereocenters. The van der Waals surface area contributed by atoms with Crippen LogP contribution < -0.4 is 0 Å². The first-order valence-corrected chi connectivity index (χ1v) is 10.6. The molecule has 1 saturated heterocycles. The molecule has 2 rings (SSSR count). The maximum atomic E-state index is 12.2. The van der Waals surface area contributed by atoms with Crippen LogP contribution in [0.15, 0.2) is 23.3 Å². The molecule has 1 aliphatic carbocycles. The number of rotatable bonds is 9. The lowest BCUT2D eigenvalue weighted by Gasteiger charge is -2.38. The van der Waals surface area contributed by atoms with Crippen molar-refractivity contribution in [1.82, 2.24) is 0 Å². The van der Waals surface area contributed by atoms with Crippen LogP contribution in [-0.2, 0) is 38.1 Å². The standard InChI is InChI=1S/C23H32O8/c1-12(2)22(26)29-11-17-10-18-20(14(4)23(27)31-18)21(30-16(6)25)19(17)13(3)8-7-9-28-15(5)24/h12-13,18,20-21H,4,7-11H2,1-3,5-6H3/t13-,18-,20-,21-/m1/s1. The Hall–Kier alpha value is -2.64. The number of esters is 4. The van der Waals surface area contributed by atoms with E-state index in [1.165, 1.54) is 13.8 Å². The molecule has 1 heterocycles. The van der Waals surface area contributed by atoms with E-state index in [1.54, 1.807) is 13.8 Å². The van der Waals surface area contributed by atoms with Gasteiger partial charge in [-0.25, -0.2) is 4.79 Å². The Kier molecular flexibility index (Phi) is 8.42. The topological polar surface area (TPSA) is 105 Å². The van der Waals surface area contributed by atoms with Gasteiger partial charge in [0.05, 0.1) is 18.4 Å². The van der Waals surface area contributed by atoms with Gasteiger partial charge in [-0.3, -0.25) is 14.4 Å². The van der Waals surface area contributed by atoms with Crippen molar-refractivity contribution < 1.29 is 38.1 Å². The lowest BCUT2D eigenvalue weighted by atomic mass is 9.73.